The lowest BCUT2D eigenvalue weighted by Gasteiger charge is -2.15. The fourth-order valence-electron chi connectivity index (χ4n) is 1.04. The second-order valence-corrected chi connectivity index (χ2v) is 2.71. The van der Waals surface area contributed by atoms with Crippen molar-refractivity contribution < 1.29 is 0 Å². The standard InChI is InChI=1S/C9H15/c1-2-3-4-6-9-7-5-8-9/h6H,1-5,7-8H2. The van der Waals surface area contributed by atoms with Crippen LogP contribution in [0.2, 0.25) is 0 Å². The van der Waals surface area contributed by atoms with Gasteiger partial charge in [-0.25, -0.2) is 0 Å². The lowest BCUT2D eigenvalue weighted by molar-refractivity contribution is 0.652. The predicted molar refractivity (Wildman–Crippen MR) is 41.1 cm³/mol. The van der Waals surface area contributed by atoms with Crippen molar-refractivity contribution in [3.63, 3.8) is 0 Å². The Hall–Kier alpha value is -0.260. The summed E-state index contributed by atoms with van der Waals surface area (Å²) in [6.45, 7) is 3.80. The van der Waals surface area contributed by atoms with E-state index in [1.165, 1.54) is 32.1 Å². The second kappa shape index (κ2) is 3.71. The molecule has 1 aliphatic rings. The molecule has 0 heterocycles. The molecule has 0 unspecified atom stereocenters. The van der Waals surface area contributed by atoms with E-state index in [-0.39, 0.29) is 0 Å². The summed E-state index contributed by atoms with van der Waals surface area (Å²) in [5.74, 6) is 0. The topological polar surface area (TPSA) is 0 Å². The molecule has 0 aromatic heterocycles. The number of hydrogen-bond donors (Lipinski definition) is 0. The maximum Gasteiger partial charge on any atom is -0.0317 e. The van der Waals surface area contributed by atoms with Crippen molar-refractivity contribution in [3.8, 4) is 0 Å². The number of rotatable bonds is 3. The summed E-state index contributed by atoms with van der Waals surface area (Å²) >= 11 is 0. The average Bonchev–Trinajstić information content (AvgIpc) is 1.76. The first kappa shape index (κ1) is 6.85. The van der Waals surface area contributed by atoms with Crippen molar-refractivity contribution >= 4 is 0 Å². The van der Waals surface area contributed by atoms with Gasteiger partial charge in [0, 0.05) is 0 Å². The zero-order valence-electron chi connectivity index (χ0n) is 6.03. The maximum atomic E-state index is 3.80. The van der Waals surface area contributed by atoms with Crippen LogP contribution in [-0.2, 0) is 0 Å². The average molecular weight is 123 g/mol. The summed E-state index contributed by atoms with van der Waals surface area (Å²) in [6, 6.07) is 0. The molecule has 0 atom stereocenters. The van der Waals surface area contributed by atoms with E-state index in [1.807, 2.05) is 0 Å². The number of hydrogen-bond acceptors (Lipinski definition) is 0. The third kappa shape index (κ3) is 2.21. The Bertz CT molecular complexity index is 94.6. The summed E-state index contributed by atoms with van der Waals surface area (Å²) in [4.78, 5) is 0. The van der Waals surface area contributed by atoms with Crippen molar-refractivity contribution in [3.05, 3.63) is 18.6 Å². The molecule has 1 saturated carbocycles. The first-order chi connectivity index (χ1) is 4.43. The van der Waals surface area contributed by atoms with E-state index in [0.717, 1.165) is 6.42 Å². The Morgan fingerprint density at radius 1 is 1.44 bits per heavy atom. The highest BCUT2D eigenvalue weighted by molar-refractivity contribution is 5.08. The molecule has 1 aliphatic carbocycles. The second-order valence-electron chi connectivity index (χ2n) is 2.71. The molecule has 1 fully saturated rings. The number of allylic oxidation sites excluding steroid dienone is 2. The van der Waals surface area contributed by atoms with Gasteiger partial charge in [-0.3, -0.25) is 0 Å². The zero-order chi connectivity index (χ0) is 6.53. The highest BCUT2D eigenvalue weighted by atomic mass is 14.1. The lowest BCUT2D eigenvalue weighted by atomic mass is 9.91. The highest BCUT2D eigenvalue weighted by Crippen LogP contribution is 2.25. The van der Waals surface area contributed by atoms with Crippen LogP contribution < -0.4 is 0 Å². The molecule has 0 saturated heterocycles. The smallest absolute Gasteiger partial charge is 0.0317 e. The zero-order valence-corrected chi connectivity index (χ0v) is 6.03. The largest absolute Gasteiger partial charge is 0.0853 e. The first-order valence-corrected chi connectivity index (χ1v) is 3.90. The summed E-state index contributed by atoms with van der Waals surface area (Å²) < 4.78 is 0. The van der Waals surface area contributed by atoms with Gasteiger partial charge >= 0.3 is 0 Å². The van der Waals surface area contributed by atoms with Crippen LogP contribution >= 0.6 is 0 Å². The molecule has 1 rings (SSSR count). The van der Waals surface area contributed by atoms with Crippen LogP contribution in [0.1, 0.15) is 38.5 Å². The molecule has 0 bridgehead atoms. The Kier molecular flexibility index (Phi) is 2.82. The van der Waals surface area contributed by atoms with Gasteiger partial charge in [0.2, 0.25) is 0 Å². The van der Waals surface area contributed by atoms with Crippen molar-refractivity contribution in [2.24, 2.45) is 0 Å². The van der Waals surface area contributed by atoms with Gasteiger partial charge in [0.25, 0.3) is 0 Å². The molecule has 0 amide bonds. The van der Waals surface area contributed by atoms with E-state index in [2.05, 4.69) is 13.0 Å². The molecule has 0 N–H and O–H groups in total. The third-order valence-corrected chi connectivity index (χ3v) is 1.88. The van der Waals surface area contributed by atoms with Crippen LogP contribution in [0.4, 0.5) is 0 Å². The Labute approximate surface area is 58.0 Å². The first-order valence-electron chi connectivity index (χ1n) is 3.90. The Morgan fingerprint density at radius 2 is 2.22 bits per heavy atom. The van der Waals surface area contributed by atoms with Crippen LogP contribution in [0.3, 0.4) is 0 Å². The van der Waals surface area contributed by atoms with E-state index < -0.39 is 0 Å². The van der Waals surface area contributed by atoms with Crippen molar-refractivity contribution in [1.29, 1.82) is 0 Å². The van der Waals surface area contributed by atoms with Crippen LogP contribution in [0, 0.1) is 6.92 Å². The summed E-state index contributed by atoms with van der Waals surface area (Å²) in [5.41, 5.74) is 1.68. The predicted octanol–water partition coefficient (Wildman–Crippen LogP) is 3.10. The van der Waals surface area contributed by atoms with Gasteiger partial charge in [-0.2, -0.15) is 0 Å². The van der Waals surface area contributed by atoms with Gasteiger partial charge in [0.15, 0.2) is 0 Å². The van der Waals surface area contributed by atoms with Crippen LogP contribution in [0.5, 0.6) is 0 Å². The fraction of sp³-hybridized carbons (Fsp3) is 0.667. The Balaban J connectivity index is 2.01. The van der Waals surface area contributed by atoms with E-state index in [4.69, 9.17) is 0 Å². The molecule has 0 spiro atoms. The van der Waals surface area contributed by atoms with Gasteiger partial charge < -0.3 is 0 Å². The third-order valence-electron chi connectivity index (χ3n) is 1.88. The molecule has 0 aromatic carbocycles. The van der Waals surface area contributed by atoms with E-state index in [1.54, 1.807) is 5.57 Å². The van der Waals surface area contributed by atoms with Gasteiger partial charge in [0.1, 0.15) is 0 Å². The maximum absolute atomic E-state index is 3.80. The molecule has 0 aromatic rings. The molecule has 0 heteroatoms. The Morgan fingerprint density at radius 3 is 2.67 bits per heavy atom. The van der Waals surface area contributed by atoms with Gasteiger partial charge in [-0.15, -0.1) is 0 Å². The van der Waals surface area contributed by atoms with Crippen molar-refractivity contribution in [1.82, 2.24) is 0 Å². The molecule has 1 radical (unpaired) electrons. The highest BCUT2D eigenvalue weighted by Gasteiger charge is 2.05. The van der Waals surface area contributed by atoms with Crippen LogP contribution in [-0.4, -0.2) is 0 Å². The SMILES string of the molecule is [CH2]CCCC=C1CCC1. The van der Waals surface area contributed by atoms with Crippen LogP contribution in [0.25, 0.3) is 0 Å². The normalized spacial score (nSPS) is 17.2. The molecule has 51 valence electrons. The summed E-state index contributed by atoms with van der Waals surface area (Å²) in [5, 5.41) is 0. The fourth-order valence-corrected chi connectivity index (χ4v) is 1.04. The minimum Gasteiger partial charge on any atom is -0.0853 e. The quantitative estimate of drug-likeness (QED) is 0.399. The van der Waals surface area contributed by atoms with E-state index in [0.29, 0.717) is 0 Å². The van der Waals surface area contributed by atoms with Crippen molar-refractivity contribution in [2.45, 2.75) is 38.5 Å². The monoisotopic (exact) mass is 123 g/mol. The van der Waals surface area contributed by atoms with E-state index >= 15 is 0 Å². The minimum atomic E-state index is 1.09. The van der Waals surface area contributed by atoms with Gasteiger partial charge in [-0.05, 0) is 32.1 Å². The molecular formula is C9H15. The van der Waals surface area contributed by atoms with E-state index in [9.17, 15) is 0 Å². The minimum absolute atomic E-state index is 1.09. The molecule has 0 nitrogen and oxygen atoms in total. The molecule has 0 aliphatic heterocycles. The van der Waals surface area contributed by atoms with Gasteiger partial charge in [-0.1, -0.05) is 25.0 Å². The summed E-state index contributed by atoms with van der Waals surface area (Å²) in [7, 11) is 0. The summed E-state index contributed by atoms with van der Waals surface area (Å²) in [6.07, 6.45) is 10.2. The lowest BCUT2D eigenvalue weighted by Crippen LogP contribution is -1.95. The molecular weight excluding hydrogens is 108 g/mol. The van der Waals surface area contributed by atoms with Crippen LogP contribution in [0.15, 0.2) is 11.6 Å². The molecule has 9 heavy (non-hydrogen) atoms. The van der Waals surface area contributed by atoms with Gasteiger partial charge in [0.05, 0.1) is 0 Å². The number of unbranched alkanes of at least 4 members (excludes halogenated alkanes) is 2. The van der Waals surface area contributed by atoms with Crippen molar-refractivity contribution in [2.75, 3.05) is 0 Å².